The number of hydrogen-bond acceptors (Lipinski definition) is 3. The van der Waals surface area contributed by atoms with Gasteiger partial charge in [-0.1, -0.05) is 30.5 Å². The molecule has 2 rings (SSSR count). The van der Waals surface area contributed by atoms with Gasteiger partial charge in [-0.05, 0) is 53.4 Å². The van der Waals surface area contributed by atoms with Gasteiger partial charge in [-0.2, -0.15) is 0 Å². The number of phenolic OH excluding ortho intramolecular Hbond substituents is 1. The van der Waals surface area contributed by atoms with Crippen molar-refractivity contribution in [3.05, 3.63) is 28.8 Å². The average Bonchev–Trinajstić information content (AvgIpc) is 2.44. The number of rotatable bonds is 4. The summed E-state index contributed by atoms with van der Waals surface area (Å²) in [4.78, 5) is 4.79. The molecule has 0 bridgehead atoms. The third-order valence-corrected chi connectivity index (χ3v) is 4.87. The van der Waals surface area contributed by atoms with Crippen LogP contribution < -0.4 is 0 Å². The zero-order valence-corrected chi connectivity index (χ0v) is 14.2. The molecule has 0 spiro atoms. The maximum absolute atomic E-state index is 10.3. The summed E-state index contributed by atoms with van der Waals surface area (Å²) >= 11 is 0. The first kappa shape index (κ1) is 16.3. The topological polar surface area (TPSA) is 26.7 Å². The average molecular weight is 290 g/mol. The van der Waals surface area contributed by atoms with E-state index in [0.29, 0.717) is 17.8 Å². The Labute approximate surface area is 129 Å². The van der Waals surface area contributed by atoms with Gasteiger partial charge in [0.2, 0.25) is 0 Å². The maximum atomic E-state index is 10.3. The second-order valence-electron chi connectivity index (χ2n) is 6.89. The molecule has 1 fully saturated rings. The van der Waals surface area contributed by atoms with Gasteiger partial charge in [-0.15, -0.1) is 0 Å². The van der Waals surface area contributed by atoms with Gasteiger partial charge in [0.15, 0.2) is 0 Å². The smallest absolute Gasteiger partial charge is 0.122 e. The van der Waals surface area contributed by atoms with Gasteiger partial charge < -0.3 is 10.0 Å². The van der Waals surface area contributed by atoms with Crippen LogP contribution in [-0.4, -0.2) is 48.1 Å². The molecule has 3 heteroatoms. The summed E-state index contributed by atoms with van der Waals surface area (Å²) in [5.41, 5.74) is 3.26. The van der Waals surface area contributed by atoms with Crippen LogP contribution in [0.3, 0.4) is 0 Å². The van der Waals surface area contributed by atoms with Crippen molar-refractivity contribution in [3.8, 4) is 5.75 Å². The predicted molar refractivity (Wildman–Crippen MR) is 88.8 cm³/mol. The van der Waals surface area contributed by atoms with E-state index in [9.17, 15) is 5.11 Å². The Morgan fingerprint density at radius 1 is 1.05 bits per heavy atom. The molecule has 3 nitrogen and oxygen atoms in total. The van der Waals surface area contributed by atoms with Gasteiger partial charge in [-0.3, -0.25) is 4.90 Å². The van der Waals surface area contributed by atoms with Gasteiger partial charge >= 0.3 is 0 Å². The number of benzene rings is 1. The van der Waals surface area contributed by atoms with Gasteiger partial charge in [0.05, 0.1) is 0 Å². The highest BCUT2D eigenvalue weighted by Gasteiger charge is 2.30. The van der Waals surface area contributed by atoms with Crippen molar-refractivity contribution in [2.75, 3.05) is 21.1 Å². The molecule has 0 unspecified atom stereocenters. The molecule has 0 aliphatic heterocycles. The molecule has 1 aliphatic rings. The van der Waals surface area contributed by atoms with E-state index >= 15 is 0 Å². The van der Waals surface area contributed by atoms with Crippen LogP contribution in [0.25, 0.3) is 0 Å². The Balaban J connectivity index is 2.15. The van der Waals surface area contributed by atoms with E-state index < -0.39 is 0 Å². The third-order valence-electron chi connectivity index (χ3n) is 4.87. The standard InChI is InChI=1S/C18H30N2O/c1-13-10-14(2)18(21)15(11-13)12-20(5)17-9-7-6-8-16(17)19(3)4/h10-11,16-17,21H,6-9,12H2,1-5H3/t16-,17-/m0/s1. The van der Waals surface area contributed by atoms with Gasteiger partial charge in [0, 0.05) is 24.2 Å². The fourth-order valence-electron chi connectivity index (χ4n) is 3.76. The maximum Gasteiger partial charge on any atom is 0.122 e. The van der Waals surface area contributed by atoms with Crippen molar-refractivity contribution in [2.45, 2.75) is 58.2 Å². The first-order valence-electron chi connectivity index (χ1n) is 8.06. The minimum atomic E-state index is 0.463. The molecule has 2 atom stereocenters. The zero-order chi connectivity index (χ0) is 15.6. The molecule has 0 radical (unpaired) electrons. The zero-order valence-electron chi connectivity index (χ0n) is 14.2. The Morgan fingerprint density at radius 2 is 1.67 bits per heavy atom. The molecule has 1 aliphatic carbocycles. The lowest BCUT2D eigenvalue weighted by atomic mass is 9.88. The lowest BCUT2D eigenvalue weighted by molar-refractivity contribution is 0.0872. The first-order chi connectivity index (χ1) is 9.90. The molecule has 1 aromatic carbocycles. The second-order valence-corrected chi connectivity index (χ2v) is 6.89. The highest BCUT2D eigenvalue weighted by Crippen LogP contribution is 2.29. The number of nitrogens with zero attached hydrogens (tertiary/aromatic N) is 2. The first-order valence-corrected chi connectivity index (χ1v) is 8.06. The van der Waals surface area contributed by atoms with Crippen LogP contribution in [-0.2, 0) is 6.54 Å². The normalized spacial score (nSPS) is 23.0. The van der Waals surface area contributed by atoms with E-state index in [1.54, 1.807) is 0 Å². The second kappa shape index (κ2) is 6.80. The van der Waals surface area contributed by atoms with Gasteiger partial charge in [-0.25, -0.2) is 0 Å². The van der Waals surface area contributed by atoms with E-state index in [2.05, 4.69) is 43.9 Å². The Morgan fingerprint density at radius 3 is 2.29 bits per heavy atom. The van der Waals surface area contributed by atoms with Crippen molar-refractivity contribution in [2.24, 2.45) is 0 Å². The highest BCUT2D eigenvalue weighted by atomic mass is 16.3. The molecule has 1 N–H and O–H groups in total. The monoisotopic (exact) mass is 290 g/mol. The van der Waals surface area contributed by atoms with E-state index in [4.69, 9.17) is 0 Å². The van der Waals surface area contributed by atoms with Crippen LogP contribution in [0.15, 0.2) is 12.1 Å². The summed E-state index contributed by atoms with van der Waals surface area (Å²) in [6.45, 7) is 4.90. The molecule has 0 saturated heterocycles. The van der Waals surface area contributed by atoms with Crippen molar-refractivity contribution in [1.82, 2.24) is 9.80 Å². The largest absolute Gasteiger partial charge is 0.507 e. The SMILES string of the molecule is Cc1cc(C)c(O)c(CN(C)[C@H]2CCCC[C@@H]2N(C)C)c1. The molecule has 1 saturated carbocycles. The summed E-state index contributed by atoms with van der Waals surface area (Å²) in [6.07, 6.45) is 5.19. The van der Waals surface area contributed by atoms with Crippen molar-refractivity contribution >= 4 is 0 Å². The minimum Gasteiger partial charge on any atom is -0.507 e. The van der Waals surface area contributed by atoms with Crippen LogP contribution >= 0.6 is 0 Å². The fourth-order valence-corrected chi connectivity index (χ4v) is 3.76. The Kier molecular flexibility index (Phi) is 5.28. The fraction of sp³-hybridized carbons (Fsp3) is 0.667. The van der Waals surface area contributed by atoms with Gasteiger partial charge in [0.1, 0.15) is 5.75 Å². The Hall–Kier alpha value is -1.06. The Bertz CT molecular complexity index is 484. The predicted octanol–water partition coefficient (Wildman–Crippen LogP) is 3.31. The molecule has 0 aromatic heterocycles. The van der Waals surface area contributed by atoms with Crippen LogP contribution in [0, 0.1) is 13.8 Å². The third kappa shape index (κ3) is 3.78. The molecule has 1 aromatic rings. The summed E-state index contributed by atoms with van der Waals surface area (Å²) in [6, 6.07) is 5.36. The van der Waals surface area contributed by atoms with Gasteiger partial charge in [0.25, 0.3) is 0 Å². The quantitative estimate of drug-likeness (QED) is 0.921. The summed E-state index contributed by atoms with van der Waals surface area (Å²) < 4.78 is 0. The van der Waals surface area contributed by atoms with Crippen molar-refractivity contribution < 1.29 is 5.11 Å². The molecular weight excluding hydrogens is 260 g/mol. The minimum absolute atomic E-state index is 0.463. The molecule has 118 valence electrons. The van der Waals surface area contributed by atoms with Crippen molar-refractivity contribution in [1.29, 1.82) is 0 Å². The van der Waals surface area contributed by atoms with Crippen LogP contribution in [0.4, 0.5) is 0 Å². The van der Waals surface area contributed by atoms with Crippen molar-refractivity contribution in [3.63, 3.8) is 0 Å². The number of likely N-dealkylation sites (N-methyl/N-ethyl adjacent to an activating group) is 2. The van der Waals surface area contributed by atoms with E-state index in [1.807, 2.05) is 13.0 Å². The highest BCUT2D eigenvalue weighted by molar-refractivity contribution is 5.42. The number of aromatic hydroxyl groups is 1. The molecule has 21 heavy (non-hydrogen) atoms. The van der Waals surface area contributed by atoms with E-state index in [1.165, 1.54) is 31.2 Å². The van der Waals surface area contributed by atoms with Crippen LogP contribution in [0.5, 0.6) is 5.75 Å². The molecule has 0 amide bonds. The lowest BCUT2D eigenvalue weighted by Crippen LogP contribution is -2.49. The number of aryl methyl sites for hydroxylation is 2. The molecular formula is C18H30N2O. The summed E-state index contributed by atoms with van der Waals surface area (Å²) in [7, 11) is 6.57. The summed E-state index contributed by atoms with van der Waals surface area (Å²) in [5, 5.41) is 10.3. The van der Waals surface area contributed by atoms with Crippen LogP contribution in [0.1, 0.15) is 42.4 Å². The number of phenols is 1. The summed E-state index contributed by atoms with van der Waals surface area (Å²) in [5.74, 6) is 0.463. The van der Waals surface area contributed by atoms with Crippen LogP contribution in [0.2, 0.25) is 0 Å². The lowest BCUT2D eigenvalue weighted by Gasteiger charge is -2.41. The van der Waals surface area contributed by atoms with E-state index in [-0.39, 0.29) is 0 Å². The van der Waals surface area contributed by atoms with E-state index in [0.717, 1.165) is 17.7 Å². The number of hydrogen-bond donors (Lipinski definition) is 1. The molecule has 0 heterocycles.